The second kappa shape index (κ2) is 5.85. The Balaban J connectivity index is 1.53. The Hall–Kier alpha value is -2.39. The van der Waals surface area contributed by atoms with Crippen LogP contribution in [0.4, 0.5) is 0 Å². The maximum absolute atomic E-state index is 6.77. The number of hydrogen-bond acceptors (Lipinski definition) is 2. The number of pyridine rings is 1. The Bertz CT molecular complexity index is 1380. The van der Waals surface area contributed by atoms with Gasteiger partial charge < -0.3 is 4.74 Å². The van der Waals surface area contributed by atoms with Gasteiger partial charge in [0, 0.05) is 16.3 Å². The fourth-order valence-electron chi connectivity index (χ4n) is 6.75. The van der Waals surface area contributed by atoms with E-state index in [1.165, 1.54) is 74.5 Å². The van der Waals surface area contributed by atoms with Gasteiger partial charge in [-0.15, -0.1) is 11.3 Å². The van der Waals surface area contributed by atoms with E-state index in [0.29, 0.717) is 5.92 Å². The fraction of sp³-hybridized carbons (Fsp3) is 0.370. The van der Waals surface area contributed by atoms with Crippen LogP contribution in [0, 0.1) is 25.7 Å². The minimum absolute atomic E-state index is 0.717. The van der Waals surface area contributed by atoms with E-state index in [1.54, 1.807) is 0 Å². The molecule has 0 N–H and O–H groups in total. The molecule has 4 aromatic rings. The lowest BCUT2D eigenvalue weighted by Crippen LogP contribution is -2.32. The van der Waals surface area contributed by atoms with E-state index in [1.807, 2.05) is 11.3 Å². The summed E-state index contributed by atoms with van der Waals surface area (Å²) >= 11 is 1.84. The Labute approximate surface area is 181 Å². The second-order valence-corrected chi connectivity index (χ2v) is 10.7. The molecule has 3 aliphatic rings. The highest BCUT2D eigenvalue weighted by atomic mass is 32.1. The van der Waals surface area contributed by atoms with Crippen molar-refractivity contribution in [1.82, 2.24) is 0 Å². The third-order valence-corrected chi connectivity index (χ3v) is 9.22. The van der Waals surface area contributed by atoms with Gasteiger partial charge in [-0.1, -0.05) is 12.5 Å². The molecule has 2 aliphatic carbocycles. The van der Waals surface area contributed by atoms with Crippen molar-refractivity contribution in [2.75, 3.05) is 0 Å². The van der Waals surface area contributed by atoms with E-state index >= 15 is 0 Å². The van der Waals surface area contributed by atoms with Crippen LogP contribution in [-0.2, 0) is 7.05 Å². The van der Waals surface area contributed by atoms with Crippen LogP contribution in [0.3, 0.4) is 0 Å². The lowest BCUT2D eigenvalue weighted by Gasteiger charge is -2.26. The molecule has 0 amide bonds. The zero-order valence-corrected chi connectivity index (χ0v) is 18.6. The van der Waals surface area contributed by atoms with Crippen molar-refractivity contribution >= 4 is 32.2 Å². The third-order valence-electron chi connectivity index (χ3n) is 8.19. The number of aryl methyl sites for hydroxylation is 3. The minimum atomic E-state index is 0.717. The number of aromatic nitrogens is 1. The van der Waals surface area contributed by atoms with Gasteiger partial charge in [0.15, 0.2) is 6.20 Å². The summed E-state index contributed by atoms with van der Waals surface area (Å²) in [6.45, 7) is 4.48. The highest BCUT2D eigenvalue weighted by Crippen LogP contribution is 2.56. The molecule has 2 aromatic carbocycles. The van der Waals surface area contributed by atoms with Crippen LogP contribution in [0.15, 0.2) is 35.8 Å². The Morgan fingerprint density at radius 1 is 1.07 bits per heavy atom. The molecule has 30 heavy (non-hydrogen) atoms. The molecule has 2 aromatic heterocycles. The van der Waals surface area contributed by atoms with Gasteiger partial charge in [0.25, 0.3) is 0 Å². The van der Waals surface area contributed by atoms with Crippen LogP contribution in [0.5, 0.6) is 11.5 Å². The summed E-state index contributed by atoms with van der Waals surface area (Å²) in [4.78, 5) is 0. The summed E-state index contributed by atoms with van der Waals surface area (Å²) in [6, 6.07) is 9.37. The van der Waals surface area contributed by atoms with Crippen molar-refractivity contribution < 1.29 is 9.30 Å². The van der Waals surface area contributed by atoms with Gasteiger partial charge in [-0.2, -0.15) is 0 Å². The first-order valence-corrected chi connectivity index (χ1v) is 12.1. The third kappa shape index (κ3) is 2.12. The van der Waals surface area contributed by atoms with Gasteiger partial charge in [0.2, 0.25) is 5.69 Å². The van der Waals surface area contributed by atoms with Crippen LogP contribution in [0.25, 0.3) is 32.1 Å². The van der Waals surface area contributed by atoms with Crippen molar-refractivity contribution in [3.05, 3.63) is 52.5 Å². The minimum Gasteiger partial charge on any atom is -0.455 e. The lowest BCUT2D eigenvalue weighted by atomic mass is 9.82. The number of ether oxygens (including phenoxy) is 1. The molecule has 7 rings (SSSR count). The lowest BCUT2D eigenvalue weighted by molar-refractivity contribution is -0.659. The molecule has 3 unspecified atom stereocenters. The largest absolute Gasteiger partial charge is 0.455 e. The quantitative estimate of drug-likeness (QED) is 0.266. The first kappa shape index (κ1) is 17.3. The zero-order chi connectivity index (χ0) is 20.1. The molecule has 2 bridgehead atoms. The smallest absolute Gasteiger partial charge is 0.228 e. The highest BCUT2D eigenvalue weighted by Gasteiger charge is 2.41. The molecular formula is C27H26NOS+. The molecule has 3 heterocycles. The second-order valence-electron chi connectivity index (χ2n) is 9.76. The van der Waals surface area contributed by atoms with Gasteiger partial charge in [-0.25, -0.2) is 4.57 Å². The average molecular weight is 413 g/mol. The zero-order valence-electron chi connectivity index (χ0n) is 17.8. The Morgan fingerprint density at radius 2 is 1.97 bits per heavy atom. The highest BCUT2D eigenvalue weighted by molar-refractivity contribution is 7.17. The number of nitrogens with zero attached hydrogens (tertiary/aromatic N) is 1. The molecule has 3 heteroatoms. The van der Waals surface area contributed by atoms with Crippen molar-refractivity contribution in [3.8, 4) is 22.8 Å². The van der Waals surface area contributed by atoms with E-state index in [2.05, 4.69) is 61.3 Å². The fourth-order valence-corrected chi connectivity index (χ4v) is 7.71. The van der Waals surface area contributed by atoms with Crippen LogP contribution in [0.1, 0.15) is 48.3 Å². The molecule has 2 saturated carbocycles. The summed E-state index contributed by atoms with van der Waals surface area (Å²) in [5.74, 6) is 4.66. The number of thiophene rings is 1. The first-order chi connectivity index (χ1) is 14.6. The first-order valence-electron chi connectivity index (χ1n) is 11.2. The number of rotatable bonds is 1. The van der Waals surface area contributed by atoms with E-state index in [4.69, 9.17) is 4.74 Å². The molecule has 0 spiro atoms. The van der Waals surface area contributed by atoms with Crippen molar-refractivity contribution in [1.29, 1.82) is 0 Å². The molecule has 0 saturated heterocycles. The van der Waals surface area contributed by atoms with E-state index in [0.717, 1.165) is 23.3 Å². The summed E-state index contributed by atoms with van der Waals surface area (Å²) in [6.07, 6.45) is 7.89. The molecule has 3 atom stereocenters. The summed E-state index contributed by atoms with van der Waals surface area (Å²) in [7, 11) is 2.17. The maximum Gasteiger partial charge on any atom is 0.228 e. The summed E-state index contributed by atoms with van der Waals surface area (Å²) < 4.78 is 10.4. The van der Waals surface area contributed by atoms with Gasteiger partial charge in [-0.05, 0) is 90.3 Å². The van der Waals surface area contributed by atoms with Crippen LogP contribution >= 0.6 is 11.3 Å². The molecule has 0 radical (unpaired) electrons. The molecule has 150 valence electrons. The molecule has 1 aliphatic heterocycles. The van der Waals surface area contributed by atoms with Gasteiger partial charge in [-0.3, -0.25) is 0 Å². The predicted molar refractivity (Wildman–Crippen MR) is 124 cm³/mol. The average Bonchev–Trinajstić information content (AvgIpc) is 3.50. The van der Waals surface area contributed by atoms with Gasteiger partial charge >= 0.3 is 0 Å². The normalized spacial score (nSPS) is 23.9. The molecule has 2 nitrogen and oxygen atoms in total. The van der Waals surface area contributed by atoms with Crippen molar-refractivity contribution in [2.45, 2.75) is 45.4 Å². The van der Waals surface area contributed by atoms with Crippen molar-refractivity contribution in [2.24, 2.45) is 18.9 Å². The van der Waals surface area contributed by atoms with E-state index in [-0.39, 0.29) is 0 Å². The predicted octanol–water partition coefficient (Wildman–Crippen LogP) is 7.17. The van der Waals surface area contributed by atoms with E-state index < -0.39 is 0 Å². The summed E-state index contributed by atoms with van der Waals surface area (Å²) in [5.41, 5.74) is 6.68. The topological polar surface area (TPSA) is 13.1 Å². The maximum atomic E-state index is 6.77. The number of hydrogen-bond donors (Lipinski definition) is 0. The van der Waals surface area contributed by atoms with Gasteiger partial charge in [0.1, 0.15) is 18.5 Å². The van der Waals surface area contributed by atoms with Crippen LogP contribution in [0.2, 0.25) is 0 Å². The Kier molecular flexibility index (Phi) is 3.38. The van der Waals surface area contributed by atoms with E-state index in [9.17, 15) is 0 Å². The summed E-state index contributed by atoms with van der Waals surface area (Å²) in [5, 5.41) is 6.14. The number of benzene rings is 2. The number of fused-ring (bicyclic) bond motifs is 5. The van der Waals surface area contributed by atoms with Crippen LogP contribution in [-0.4, -0.2) is 0 Å². The monoisotopic (exact) mass is 412 g/mol. The van der Waals surface area contributed by atoms with Gasteiger partial charge in [0.05, 0.1) is 10.9 Å². The van der Waals surface area contributed by atoms with Crippen molar-refractivity contribution in [3.63, 3.8) is 0 Å². The molecular weight excluding hydrogens is 386 g/mol. The molecule has 2 fully saturated rings. The Morgan fingerprint density at radius 3 is 2.77 bits per heavy atom. The standard InChI is InChI=1S/C27H26NOS/c1-14-20-7-9-30-27(20)15(2)23-25-24-18(6-8-28(25)3)12-19(13-22(24)29-26(14)23)21-11-16-4-5-17(21)10-16/h6-9,12-13,16-17,21H,4-5,10-11H2,1-3H3/q+1. The van der Waals surface area contributed by atoms with Crippen LogP contribution < -0.4 is 9.30 Å². The SMILES string of the molecule is Cc1c2c(c(C)c3sccc13)-c1c3c(cc(C4CC5CCC4C5)cc3cc[n+]1C)O2.